The van der Waals surface area contributed by atoms with Crippen molar-refractivity contribution in [3.8, 4) is 0 Å². The Kier molecular flexibility index (Phi) is 6.65. The quantitative estimate of drug-likeness (QED) is 0.730. The summed E-state index contributed by atoms with van der Waals surface area (Å²) in [5, 5.41) is 3.56. The van der Waals surface area contributed by atoms with E-state index >= 15 is 0 Å². The molecule has 0 aliphatic carbocycles. The van der Waals surface area contributed by atoms with Gasteiger partial charge >= 0.3 is 0 Å². The summed E-state index contributed by atoms with van der Waals surface area (Å²) in [4.78, 5) is 2.70. The van der Waals surface area contributed by atoms with Gasteiger partial charge in [0.2, 0.25) is 0 Å². The molecular weight excluding hydrogens is 220 g/mol. The summed E-state index contributed by atoms with van der Waals surface area (Å²) < 4.78 is 0. The van der Waals surface area contributed by atoms with Gasteiger partial charge in [-0.3, -0.25) is 0 Å². The van der Waals surface area contributed by atoms with Crippen LogP contribution < -0.4 is 5.32 Å². The average molecular weight is 254 g/mol. The molecule has 0 aromatic carbocycles. The van der Waals surface area contributed by atoms with E-state index in [0.29, 0.717) is 5.41 Å². The molecule has 1 aliphatic heterocycles. The third-order valence-electron chi connectivity index (χ3n) is 4.29. The number of hydrogen-bond donors (Lipinski definition) is 1. The second kappa shape index (κ2) is 7.49. The van der Waals surface area contributed by atoms with Gasteiger partial charge in [0.15, 0.2) is 0 Å². The fourth-order valence-corrected chi connectivity index (χ4v) is 2.77. The Balaban J connectivity index is 2.22. The van der Waals surface area contributed by atoms with Crippen LogP contribution in [0.5, 0.6) is 0 Å². The lowest BCUT2D eigenvalue weighted by atomic mass is 9.85. The third kappa shape index (κ3) is 6.19. The highest BCUT2D eigenvalue weighted by Crippen LogP contribution is 2.30. The zero-order valence-corrected chi connectivity index (χ0v) is 13.3. The molecule has 1 N–H and O–H groups in total. The smallest absolute Gasteiger partial charge is 0.00790 e. The van der Waals surface area contributed by atoms with Gasteiger partial charge in [0, 0.05) is 6.04 Å². The molecule has 1 fully saturated rings. The van der Waals surface area contributed by atoms with E-state index in [9.17, 15) is 0 Å². The van der Waals surface area contributed by atoms with E-state index < -0.39 is 0 Å². The molecule has 0 aromatic heterocycles. The van der Waals surface area contributed by atoms with Gasteiger partial charge in [-0.1, -0.05) is 27.7 Å². The Hall–Kier alpha value is -0.0800. The first-order valence-corrected chi connectivity index (χ1v) is 7.85. The summed E-state index contributed by atoms with van der Waals surface area (Å²) in [6.07, 6.45) is 5.41. The normalized spacial score (nSPS) is 23.0. The first kappa shape index (κ1) is 16.0. The molecule has 1 saturated heterocycles. The van der Waals surface area contributed by atoms with Crippen molar-refractivity contribution in [2.75, 3.05) is 26.2 Å². The van der Waals surface area contributed by atoms with Crippen LogP contribution in [-0.4, -0.2) is 37.1 Å². The minimum absolute atomic E-state index is 0.560. The molecular formula is C16H34N2. The maximum atomic E-state index is 3.56. The second-order valence-electron chi connectivity index (χ2n) is 7.29. The maximum absolute atomic E-state index is 3.56. The molecule has 1 rings (SSSR count). The standard InChI is InChI=1S/C16H34N2/c1-14(2)13-17-10-7-15(3)18-11-6-8-16(4,5)9-12-18/h14-15,17H,6-13H2,1-5H3. The second-order valence-corrected chi connectivity index (χ2v) is 7.29. The fraction of sp³-hybridized carbons (Fsp3) is 1.00. The predicted molar refractivity (Wildman–Crippen MR) is 81.0 cm³/mol. The van der Waals surface area contributed by atoms with Crippen LogP contribution >= 0.6 is 0 Å². The molecule has 1 atom stereocenters. The Labute approximate surface area is 115 Å². The highest BCUT2D eigenvalue weighted by Gasteiger charge is 2.24. The third-order valence-corrected chi connectivity index (χ3v) is 4.29. The topological polar surface area (TPSA) is 15.3 Å². The van der Waals surface area contributed by atoms with Crippen LogP contribution in [0.2, 0.25) is 0 Å². The number of rotatable bonds is 6. The van der Waals surface area contributed by atoms with Gasteiger partial charge in [0.25, 0.3) is 0 Å². The van der Waals surface area contributed by atoms with Crippen molar-refractivity contribution in [2.24, 2.45) is 11.3 Å². The molecule has 2 nitrogen and oxygen atoms in total. The largest absolute Gasteiger partial charge is 0.316 e. The van der Waals surface area contributed by atoms with Crippen molar-refractivity contribution in [3.05, 3.63) is 0 Å². The molecule has 108 valence electrons. The van der Waals surface area contributed by atoms with Crippen molar-refractivity contribution in [1.82, 2.24) is 10.2 Å². The summed E-state index contributed by atoms with van der Waals surface area (Å²) in [5.74, 6) is 0.763. The van der Waals surface area contributed by atoms with Gasteiger partial charge in [-0.2, -0.15) is 0 Å². The monoisotopic (exact) mass is 254 g/mol. The molecule has 0 amide bonds. The first-order chi connectivity index (χ1) is 8.41. The van der Waals surface area contributed by atoms with Crippen LogP contribution in [0.1, 0.15) is 60.3 Å². The van der Waals surface area contributed by atoms with Crippen molar-refractivity contribution in [1.29, 1.82) is 0 Å². The molecule has 18 heavy (non-hydrogen) atoms. The van der Waals surface area contributed by atoms with Gasteiger partial charge in [0.1, 0.15) is 0 Å². The lowest BCUT2D eigenvalue weighted by Gasteiger charge is -2.28. The van der Waals surface area contributed by atoms with Gasteiger partial charge in [-0.05, 0) is 70.1 Å². The van der Waals surface area contributed by atoms with E-state index in [-0.39, 0.29) is 0 Å². The summed E-state index contributed by atoms with van der Waals surface area (Å²) in [5.41, 5.74) is 0.560. The van der Waals surface area contributed by atoms with Crippen molar-refractivity contribution in [3.63, 3.8) is 0 Å². The zero-order chi connectivity index (χ0) is 13.6. The van der Waals surface area contributed by atoms with Crippen molar-refractivity contribution in [2.45, 2.75) is 66.3 Å². The number of hydrogen-bond acceptors (Lipinski definition) is 2. The average Bonchev–Trinajstić information content (AvgIpc) is 2.45. The predicted octanol–water partition coefficient (Wildman–Crippen LogP) is 3.52. The van der Waals surface area contributed by atoms with Crippen LogP contribution in [0, 0.1) is 11.3 Å². The number of nitrogens with zero attached hydrogens (tertiary/aromatic N) is 1. The van der Waals surface area contributed by atoms with Crippen molar-refractivity contribution < 1.29 is 0 Å². The molecule has 1 unspecified atom stereocenters. The van der Waals surface area contributed by atoms with Gasteiger partial charge in [-0.15, -0.1) is 0 Å². The lowest BCUT2D eigenvalue weighted by Crippen LogP contribution is -2.36. The van der Waals surface area contributed by atoms with Gasteiger partial charge in [-0.25, -0.2) is 0 Å². The summed E-state index contributed by atoms with van der Waals surface area (Å²) in [7, 11) is 0. The van der Waals surface area contributed by atoms with Gasteiger partial charge < -0.3 is 10.2 Å². The minimum Gasteiger partial charge on any atom is -0.316 e. The highest BCUT2D eigenvalue weighted by atomic mass is 15.2. The van der Waals surface area contributed by atoms with E-state index in [2.05, 4.69) is 44.8 Å². The molecule has 0 aromatic rings. The lowest BCUT2D eigenvalue weighted by molar-refractivity contribution is 0.197. The molecule has 1 heterocycles. The van der Waals surface area contributed by atoms with Crippen LogP contribution in [0.4, 0.5) is 0 Å². The Morgan fingerprint density at radius 2 is 1.83 bits per heavy atom. The van der Waals surface area contributed by atoms with Gasteiger partial charge in [0.05, 0.1) is 0 Å². The molecule has 0 bridgehead atoms. The fourth-order valence-electron chi connectivity index (χ4n) is 2.77. The summed E-state index contributed by atoms with van der Waals surface area (Å²) in [6, 6.07) is 0.735. The molecule has 0 radical (unpaired) electrons. The molecule has 0 saturated carbocycles. The van der Waals surface area contributed by atoms with E-state index in [4.69, 9.17) is 0 Å². The van der Waals surface area contributed by atoms with E-state index in [1.54, 1.807) is 0 Å². The molecule has 1 aliphatic rings. The van der Waals surface area contributed by atoms with Crippen molar-refractivity contribution >= 4 is 0 Å². The Morgan fingerprint density at radius 1 is 1.11 bits per heavy atom. The van der Waals surface area contributed by atoms with Crippen LogP contribution in [0.25, 0.3) is 0 Å². The van der Waals surface area contributed by atoms with Crippen LogP contribution in [-0.2, 0) is 0 Å². The Bertz CT molecular complexity index is 223. The van der Waals surface area contributed by atoms with E-state index in [1.807, 2.05) is 0 Å². The van der Waals surface area contributed by atoms with E-state index in [0.717, 1.165) is 18.5 Å². The maximum Gasteiger partial charge on any atom is 0.00790 e. The first-order valence-electron chi connectivity index (χ1n) is 7.85. The van der Waals surface area contributed by atoms with Crippen LogP contribution in [0.3, 0.4) is 0 Å². The molecule has 2 heteroatoms. The minimum atomic E-state index is 0.560. The molecule has 0 spiro atoms. The van der Waals surface area contributed by atoms with E-state index in [1.165, 1.54) is 45.3 Å². The number of likely N-dealkylation sites (tertiary alicyclic amines) is 1. The zero-order valence-electron chi connectivity index (χ0n) is 13.3. The summed E-state index contributed by atoms with van der Waals surface area (Å²) in [6.45, 7) is 16.7. The van der Waals surface area contributed by atoms with Crippen LogP contribution in [0.15, 0.2) is 0 Å². The number of nitrogens with one attached hydrogen (secondary N) is 1. The SMILES string of the molecule is CC(C)CNCCC(C)N1CCCC(C)(C)CC1. The summed E-state index contributed by atoms with van der Waals surface area (Å²) >= 11 is 0. The Morgan fingerprint density at radius 3 is 2.50 bits per heavy atom. The highest BCUT2D eigenvalue weighted by molar-refractivity contribution is 4.79.